The van der Waals surface area contributed by atoms with Gasteiger partial charge in [0, 0.05) is 12.1 Å². The highest BCUT2D eigenvalue weighted by molar-refractivity contribution is 5.72. The molecule has 0 saturated carbocycles. The molecule has 1 heterocycles. The number of aromatic nitrogens is 1. The standard InChI is InChI=1S/C9H11NO4/c1-14-7-3-2-6(10-5-7)4-8(11)9(12)13/h2-3,5,8,11H,4H2,1H3,(H,12,13). The molecule has 1 rings (SSSR count). The molecule has 0 aliphatic rings. The minimum absolute atomic E-state index is 0.000667. The molecular weight excluding hydrogens is 186 g/mol. The lowest BCUT2D eigenvalue weighted by Gasteiger charge is -2.05. The number of carbonyl (C=O) groups is 1. The minimum atomic E-state index is -1.41. The monoisotopic (exact) mass is 197 g/mol. The van der Waals surface area contributed by atoms with Crippen molar-refractivity contribution in [3.05, 3.63) is 24.0 Å². The zero-order valence-electron chi connectivity index (χ0n) is 7.67. The van der Waals surface area contributed by atoms with Crippen LogP contribution in [0.1, 0.15) is 5.69 Å². The van der Waals surface area contributed by atoms with Crippen LogP contribution in [0.3, 0.4) is 0 Å². The molecule has 0 aliphatic carbocycles. The quantitative estimate of drug-likeness (QED) is 0.714. The molecular formula is C9H11NO4. The van der Waals surface area contributed by atoms with Gasteiger partial charge in [-0.1, -0.05) is 0 Å². The number of rotatable bonds is 4. The Kier molecular flexibility index (Phi) is 3.41. The highest BCUT2D eigenvalue weighted by atomic mass is 16.5. The Labute approximate surface area is 81.0 Å². The maximum Gasteiger partial charge on any atom is 0.332 e. The van der Waals surface area contributed by atoms with Crippen LogP contribution < -0.4 is 4.74 Å². The topological polar surface area (TPSA) is 79.7 Å². The summed E-state index contributed by atoms with van der Waals surface area (Å²) in [6, 6.07) is 3.28. The molecule has 5 nitrogen and oxygen atoms in total. The van der Waals surface area contributed by atoms with Gasteiger partial charge in [0.25, 0.3) is 0 Å². The predicted molar refractivity (Wildman–Crippen MR) is 48.1 cm³/mol. The average Bonchev–Trinajstić information content (AvgIpc) is 2.19. The summed E-state index contributed by atoms with van der Waals surface area (Å²) in [4.78, 5) is 14.2. The molecule has 1 aromatic heterocycles. The van der Waals surface area contributed by atoms with Gasteiger partial charge in [0.15, 0.2) is 6.10 Å². The van der Waals surface area contributed by atoms with E-state index in [9.17, 15) is 4.79 Å². The average molecular weight is 197 g/mol. The summed E-state index contributed by atoms with van der Waals surface area (Å²) in [5.41, 5.74) is 0.515. The van der Waals surface area contributed by atoms with Crippen molar-refractivity contribution < 1.29 is 19.7 Å². The molecule has 0 bridgehead atoms. The van der Waals surface area contributed by atoms with Crippen LogP contribution in [0.15, 0.2) is 18.3 Å². The number of nitrogens with zero attached hydrogens (tertiary/aromatic N) is 1. The Bertz CT molecular complexity index is 309. The lowest BCUT2D eigenvalue weighted by Crippen LogP contribution is -2.22. The summed E-state index contributed by atoms with van der Waals surface area (Å²) in [7, 11) is 1.52. The maximum atomic E-state index is 10.3. The van der Waals surface area contributed by atoms with Crippen molar-refractivity contribution in [1.29, 1.82) is 0 Å². The van der Waals surface area contributed by atoms with Crippen LogP contribution in [0, 0.1) is 0 Å². The molecule has 0 radical (unpaired) electrons. The number of aliphatic carboxylic acids is 1. The molecule has 14 heavy (non-hydrogen) atoms. The van der Waals surface area contributed by atoms with Crippen molar-refractivity contribution in [2.75, 3.05) is 7.11 Å². The lowest BCUT2D eigenvalue weighted by molar-refractivity contribution is -0.146. The predicted octanol–water partition coefficient (Wildman–Crippen LogP) is 0.0782. The number of methoxy groups -OCH3 is 1. The van der Waals surface area contributed by atoms with Gasteiger partial charge in [-0.3, -0.25) is 4.98 Å². The summed E-state index contributed by atoms with van der Waals surface area (Å²) in [6.07, 6.45) is 0.0688. The molecule has 76 valence electrons. The van der Waals surface area contributed by atoms with Crippen molar-refractivity contribution in [1.82, 2.24) is 4.98 Å². The van der Waals surface area contributed by atoms with E-state index in [1.807, 2.05) is 0 Å². The normalized spacial score (nSPS) is 12.1. The van der Waals surface area contributed by atoms with Crippen molar-refractivity contribution in [2.24, 2.45) is 0 Å². The van der Waals surface area contributed by atoms with Gasteiger partial charge in [-0.15, -0.1) is 0 Å². The third kappa shape index (κ3) is 2.70. The van der Waals surface area contributed by atoms with Gasteiger partial charge in [-0.05, 0) is 12.1 Å². The van der Waals surface area contributed by atoms with Crippen LogP contribution >= 0.6 is 0 Å². The zero-order chi connectivity index (χ0) is 10.6. The van der Waals surface area contributed by atoms with Gasteiger partial charge < -0.3 is 14.9 Å². The highest BCUT2D eigenvalue weighted by Crippen LogP contribution is 2.09. The number of carboxylic acids is 1. The summed E-state index contributed by atoms with van der Waals surface area (Å²) in [5.74, 6) is -0.652. The molecule has 0 spiro atoms. The van der Waals surface area contributed by atoms with Crippen LogP contribution in [0.4, 0.5) is 0 Å². The van der Waals surface area contributed by atoms with Gasteiger partial charge in [0.05, 0.1) is 13.3 Å². The van der Waals surface area contributed by atoms with Crippen LogP contribution in [0.2, 0.25) is 0 Å². The molecule has 0 saturated heterocycles. The number of hydrogen-bond acceptors (Lipinski definition) is 4. The van der Waals surface area contributed by atoms with E-state index >= 15 is 0 Å². The molecule has 0 aromatic carbocycles. The smallest absolute Gasteiger partial charge is 0.332 e. The molecule has 0 aliphatic heterocycles. The van der Waals surface area contributed by atoms with Crippen molar-refractivity contribution in [3.63, 3.8) is 0 Å². The first-order valence-electron chi connectivity index (χ1n) is 4.03. The van der Waals surface area contributed by atoms with E-state index < -0.39 is 12.1 Å². The van der Waals surface area contributed by atoms with E-state index in [4.69, 9.17) is 14.9 Å². The maximum absolute atomic E-state index is 10.3. The van der Waals surface area contributed by atoms with Crippen LogP contribution in [-0.2, 0) is 11.2 Å². The number of carboxylic acid groups (broad SMARTS) is 1. The molecule has 0 amide bonds. The fraction of sp³-hybridized carbons (Fsp3) is 0.333. The largest absolute Gasteiger partial charge is 0.495 e. The Morgan fingerprint density at radius 2 is 2.36 bits per heavy atom. The first-order valence-corrected chi connectivity index (χ1v) is 4.03. The molecule has 1 atom stereocenters. The van der Waals surface area contributed by atoms with E-state index in [0.717, 1.165) is 0 Å². The van der Waals surface area contributed by atoms with Gasteiger partial charge in [0.1, 0.15) is 5.75 Å². The highest BCUT2D eigenvalue weighted by Gasteiger charge is 2.14. The zero-order valence-corrected chi connectivity index (χ0v) is 7.67. The van der Waals surface area contributed by atoms with Crippen LogP contribution in [0.25, 0.3) is 0 Å². The van der Waals surface area contributed by atoms with E-state index in [2.05, 4.69) is 4.98 Å². The number of aliphatic hydroxyl groups is 1. The SMILES string of the molecule is COc1ccc(CC(O)C(=O)O)nc1. The fourth-order valence-corrected chi connectivity index (χ4v) is 0.938. The second-order valence-corrected chi connectivity index (χ2v) is 2.75. The van der Waals surface area contributed by atoms with Gasteiger partial charge in [0.2, 0.25) is 0 Å². The van der Waals surface area contributed by atoms with Crippen LogP contribution in [-0.4, -0.2) is 34.4 Å². The van der Waals surface area contributed by atoms with Gasteiger partial charge in [-0.25, -0.2) is 4.79 Å². The first kappa shape index (κ1) is 10.5. The Hall–Kier alpha value is -1.62. The van der Waals surface area contributed by atoms with Crippen molar-refractivity contribution >= 4 is 5.97 Å². The van der Waals surface area contributed by atoms with Crippen LogP contribution in [0.5, 0.6) is 5.75 Å². The van der Waals surface area contributed by atoms with Crippen molar-refractivity contribution in [3.8, 4) is 5.75 Å². The van der Waals surface area contributed by atoms with Crippen molar-refractivity contribution in [2.45, 2.75) is 12.5 Å². The number of aliphatic hydroxyl groups excluding tert-OH is 1. The Morgan fingerprint density at radius 1 is 1.64 bits per heavy atom. The second-order valence-electron chi connectivity index (χ2n) is 2.75. The molecule has 0 fully saturated rings. The first-order chi connectivity index (χ1) is 6.63. The van der Waals surface area contributed by atoms with E-state index in [1.165, 1.54) is 13.3 Å². The fourth-order valence-electron chi connectivity index (χ4n) is 0.938. The van der Waals surface area contributed by atoms with Gasteiger partial charge in [-0.2, -0.15) is 0 Å². The lowest BCUT2D eigenvalue weighted by atomic mass is 10.2. The summed E-state index contributed by atoms with van der Waals surface area (Å²) >= 11 is 0. The van der Waals surface area contributed by atoms with Gasteiger partial charge >= 0.3 is 5.97 Å². The Balaban J connectivity index is 2.64. The third-order valence-corrected chi connectivity index (χ3v) is 1.72. The minimum Gasteiger partial charge on any atom is -0.495 e. The molecule has 2 N–H and O–H groups in total. The summed E-state index contributed by atoms with van der Waals surface area (Å²) < 4.78 is 4.88. The number of ether oxygens (including phenoxy) is 1. The summed E-state index contributed by atoms with van der Waals surface area (Å²) in [6.45, 7) is 0. The molecule has 1 unspecified atom stereocenters. The van der Waals surface area contributed by atoms with E-state index in [1.54, 1.807) is 12.1 Å². The number of pyridine rings is 1. The number of hydrogen-bond donors (Lipinski definition) is 2. The Morgan fingerprint density at radius 3 is 2.79 bits per heavy atom. The third-order valence-electron chi connectivity index (χ3n) is 1.72. The second kappa shape index (κ2) is 4.57. The molecule has 1 aromatic rings. The van der Waals surface area contributed by atoms with E-state index in [-0.39, 0.29) is 6.42 Å². The van der Waals surface area contributed by atoms with E-state index in [0.29, 0.717) is 11.4 Å². The summed E-state index contributed by atoms with van der Waals surface area (Å²) in [5, 5.41) is 17.5. The molecule has 5 heteroatoms.